The third-order valence-electron chi connectivity index (χ3n) is 3.01. The topological polar surface area (TPSA) is 55.6 Å². The molecule has 0 aromatic heterocycles. The highest BCUT2D eigenvalue weighted by Crippen LogP contribution is 2.21. The van der Waals surface area contributed by atoms with Crippen LogP contribution in [0.3, 0.4) is 0 Å². The van der Waals surface area contributed by atoms with E-state index in [0.717, 1.165) is 25.8 Å². The van der Waals surface area contributed by atoms with Crippen LogP contribution in [0.5, 0.6) is 0 Å². The summed E-state index contributed by atoms with van der Waals surface area (Å²) in [6, 6.07) is 0.261. The zero-order valence-electron chi connectivity index (χ0n) is 11.4. The minimum Gasteiger partial charge on any atom is -0.444 e. The Morgan fingerprint density at radius 3 is 2.65 bits per heavy atom. The molecule has 1 atom stereocenters. The number of nitrogens with two attached hydrogens (primary N) is 1. The molecule has 4 nitrogen and oxygen atoms in total. The normalized spacial score (nSPS) is 22.1. The molecule has 2 N–H and O–H groups in total. The van der Waals surface area contributed by atoms with Gasteiger partial charge in [-0.3, -0.25) is 0 Å². The van der Waals surface area contributed by atoms with E-state index in [1.165, 1.54) is 12.8 Å². The van der Waals surface area contributed by atoms with E-state index in [1.807, 2.05) is 25.7 Å². The maximum absolute atomic E-state index is 12.1. The van der Waals surface area contributed by atoms with E-state index in [-0.39, 0.29) is 12.1 Å². The van der Waals surface area contributed by atoms with Crippen LogP contribution in [-0.2, 0) is 4.74 Å². The van der Waals surface area contributed by atoms with Crippen molar-refractivity contribution in [2.24, 2.45) is 5.73 Å². The summed E-state index contributed by atoms with van der Waals surface area (Å²) >= 11 is 0. The second-order valence-corrected chi connectivity index (χ2v) is 5.75. The molecular formula is C13H26N2O2. The molecular weight excluding hydrogens is 216 g/mol. The Labute approximate surface area is 104 Å². The largest absolute Gasteiger partial charge is 0.444 e. The van der Waals surface area contributed by atoms with Gasteiger partial charge >= 0.3 is 6.09 Å². The van der Waals surface area contributed by atoms with Gasteiger partial charge in [-0.2, -0.15) is 0 Å². The maximum atomic E-state index is 12.1. The van der Waals surface area contributed by atoms with Crippen molar-refractivity contribution in [3.8, 4) is 0 Å². The van der Waals surface area contributed by atoms with Crippen molar-refractivity contribution in [3.05, 3.63) is 0 Å². The van der Waals surface area contributed by atoms with Crippen molar-refractivity contribution < 1.29 is 9.53 Å². The van der Waals surface area contributed by atoms with Gasteiger partial charge in [0, 0.05) is 12.6 Å². The van der Waals surface area contributed by atoms with Crippen LogP contribution in [0, 0.1) is 0 Å². The summed E-state index contributed by atoms with van der Waals surface area (Å²) < 4.78 is 5.46. The van der Waals surface area contributed by atoms with Gasteiger partial charge in [0.05, 0.1) is 0 Å². The molecule has 1 fully saturated rings. The number of ether oxygens (including phenoxy) is 1. The van der Waals surface area contributed by atoms with Crippen molar-refractivity contribution in [3.63, 3.8) is 0 Å². The molecule has 1 aliphatic rings. The Balaban J connectivity index is 2.64. The van der Waals surface area contributed by atoms with Gasteiger partial charge in [-0.25, -0.2) is 4.79 Å². The second-order valence-electron chi connectivity index (χ2n) is 5.75. The lowest BCUT2D eigenvalue weighted by molar-refractivity contribution is 0.0160. The molecule has 1 unspecified atom stereocenters. The molecule has 1 heterocycles. The number of likely N-dealkylation sites (tertiary alicyclic amines) is 1. The molecule has 1 saturated heterocycles. The predicted molar refractivity (Wildman–Crippen MR) is 68.9 cm³/mol. The van der Waals surface area contributed by atoms with E-state index in [9.17, 15) is 4.79 Å². The highest BCUT2D eigenvalue weighted by molar-refractivity contribution is 5.68. The van der Waals surface area contributed by atoms with Crippen LogP contribution in [0.1, 0.15) is 52.9 Å². The van der Waals surface area contributed by atoms with E-state index < -0.39 is 5.60 Å². The van der Waals surface area contributed by atoms with Gasteiger partial charge in [0.25, 0.3) is 0 Å². The van der Waals surface area contributed by atoms with Crippen LogP contribution >= 0.6 is 0 Å². The number of amides is 1. The molecule has 4 heteroatoms. The Bertz CT molecular complexity index is 248. The average molecular weight is 242 g/mol. The fourth-order valence-corrected chi connectivity index (χ4v) is 2.23. The van der Waals surface area contributed by atoms with Crippen LogP contribution in [0.2, 0.25) is 0 Å². The molecule has 0 saturated carbocycles. The molecule has 1 amide bonds. The molecule has 0 radical (unpaired) electrons. The van der Waals surface area contributed by atoms with E-state index in [0.29, 0.717) is 6.54 Å². The fraction of sp³-hybridized carbons (Fsp3) is 0.923. The smallest absolute Gasteiger partial charge is 0.410 e. The first-order valence-electron chi connectivity index (χ1n) is 6.64. The van der Waals surface area contributed by atoms with Gasteiger partial charge in [-0.1, -0.05) is 12.8 Å². The molecule has 0 aromatic carbocycles. The first kappa shape index (κ1) is 14.3. The Morgan fingerprint density at radius 1 is 1.35 bits per heavy atom. The summed E-state index contributed by atoms with van der Waals surface area (Å²) in [6.45, 7) is 7.14. The quantitative estimate of drug-likeness (QED) is 0.809. The van der Waals surface area contributed by atoms with Crippen LogP contribution in [0.25, 0.3) is 0 Å². The average Bonchev–Trinajstić information content (AvgIpc) is 2.41. The zero-order chi connectivity index (χ0) is 12.9. The summed E-state index contributed by atoms with van der Waals surface area (Å²) in [5.41, 5.74) is 5.20. The number of carbonyl (C=O) groups is 1. The summed E-state index contributed by atoms with van der Waals surface area (Å²) in [6.07, 6.45) is 5.19. The summed E-state index contributed by atoms with van der Waals surface area (Å²) in [7, 11) is 0. The van der Waals surface area contributed by atoms with Crippen molar-refractivity contribution in [2.75, 3.05) is 13.1 Å². The Hall–Kier alpha value is -0.770. The van der Waals surface area contributed by atoms with E-state index >= 15 is 0 Å². The van der Waals surface area contributed by atoms with Crippen molar-refractivity contribution in [1.29, 1.82) is 0 Å². The third kappa shape index (κ3) is 4.94. The summed E-state index contributed by atoms with van der Waals surface area (Å²) in [5.74, 6) is 0. The van der Waals surface area contributed by atoms with E-state index in [2.05, 4.69) is 0 Å². The molecule has 1 aliphatic heterocycles. The standard InChI is InChI=1S/C13H26N2O2/c1-13(2,3)17-12(16)15-10-6-4-5-7-11(15)8-9-14/h11H,4-10,14H2,1-3H3. The molecule has 100 valence electrons. The number of rotatable bonds is 2. The zero-order valence-corrected chi connectivity index (χ0v) is 11.4. The minimum absolute atomic E-state index is 0.183. The number of hydrogen-bond acceptors (Lipinski definition) is 3. The highest BCUT2D eigenvalue weighted by atomic mass is 16.6. The predicted octanol–water partition coefficient (Wildman–Crippen LogP) is 2.51. The van der Waals surface area contributed by atoms with Crippen molar-refractivity contribution in [2.45, 2.75) is 64.5 Å². The van der Waals surface area contributed by atoms with E-state index in [4.69, 9.17) is 10.5 Å². The molecule has 0 spiro atoms. The van der Waals surface area contributed by atoms with Gasteiger partial charge in [0.15, 0.2) is 0 Å². The molecule has 0 bridgehead atoms. The van der Waals surface area contributed by atoms with Gasteiger partial charge in [0.1, 0.15) is 5.60 Å². The number of hydrogen-bond donors (Lipinski definition) is 1. The molecule has 17 heavy (non-hydrogen) atoms. The van der Waals surface area contributed by atoms with Gasteiger partial charge < -0.3 is 15.4 Å². The number of nitrogens with zero attached hydrogens (tertiary/aromatic N) is 1. The van der Waals surface area contributed by atoms with Crippen LogP contribution in [-0.4, -0.2) is 35.7 Å². The Morgan fingerprint density at radius 2 is 2.06 bits per heavy atom. The molecule has 0 aliphatic carbocycles. The highest BCUT2D eigenvalue weighted by Gasteiger charge is 2.28. The number of carbonyl (C=O) groups excluding carboxylic acids is 1. The lowest BCUT2D eigenvalue weighted by atomic mass is 10.1. The summed E-state index contributed by atoms with van der Waals surface area (Å²) in [4.78, 5) is 14.0. The Kier molecular flexibility index (Phi) is 5.25. The maximum Gasteiger partial charge on any atom is 0.410 e. The first-order chi connectivity index (χ1) is 7.94. The van der Waals surface area contributed by atoms with Crippen LogP contribution in [0.4, 0.5) is 4.79 Å². The van der Waals surface area contributed by atoms with Crippen molar-refractivity contribution in [1.82, 2.24) is 4.90 Å². The van der Waals surface area contributed by atoms with Crippen LogP contribution in [0.15, 0.2) is 0 Å². The first-order valence-corrected chi connectivity index (χ1v) is 6.64. The summed E-state index contributed by atoms with van der Waals surface area (Å²) in [5, 5.41) is 0. The SMILES string of the molecule is CC(C)(C)OC(=O)N1CCCCCC1CCN. The van der Waals surface area contributed by atoms with Crippen LogP contribution < -0.4 is 5.73 Å². The second kappa shape index (κ2) is 6.24. The molecule has 0 aromatic rings. The lowest BCUT2D eigenvalue weighted by Crippen LogP contribution is -2.43. The van der Waals surface area contributed by atoms with Gasteiger partial charge in [0.2, 0.25) is 0 Å². The lowest BCUT2D eigenvalue weighted by Gasteiger charge is -2.32. The van der Waals surface area contributed by atoms with Gasteiger partial charge in [-0.05, 0) is 46.6 Å². The minimum atomic E-state index is -0.420. The monoisotopic (exact) mass is 242 g/mol. The molecule has 1 rings (SSSR count). The third-order valence-corrected chi connectivity index (χ3v) is 3.01. The van der Waals surface area contributed by atoms with Gasteiger partial charge in [-0.15, -0.1) is 0 Å². The van der Waals surface area contributed by atoms with Crippen molar-refractivity contribution >= 4 is 6.09 Å². The fourth-order valence-electron chi connectivity index (χ4n) is 2.23. The van der Waals surface area contributed by atoms with E-state index in [1.54, 1.807) is 0 Å².